The summed E-state index contributed by atoms with van der Waals surface area (Å²) in [4.78, 5) is 14.1. The summed E-state index contributed by atoms with van der Waals surface area (Å²) >= 11 is 0. The first-order chi connectivity index (χ1) is 9.72. The molecule has 0 saturated heterocycles. The van der Waals surface area contributed by atoms with Gasteiger partial charge >= 0.3 is 0 Å². The van der Waals surface area contributed by atoms with E-state index in [4.69, 9.17) is 4.74 Å². The smallest absolute Gasteiger partial charge is 0.254 e. The number of hydrogen-bond donors (Lipinski definition) is 0. The Balaban J connectivity index is 2.02. The van der Waals surface area contributed by atoms with Crippen LogP contribution in [0.25, 0.3) is 0 Å². The summed E-state index contributed by atoms with van der Waals surface area (Å²) in [5.41, 5.74) is 3.08. The average molecular weight is 269 g/mol. The molecular formula is C17H19NO2. The molecule has 1 heterocycles. The second-order valence-electron chi connectivity index (χ2n) is 5.19. The molecule has 2 aliphatic rings. The lowest BCUT2D eigenvalue weighted by atomic mass is 9.95. The number of amides is 1. The van der Waals surface area contributed by atoms with Crippen molar-refractivity contribution < 1.29 is 9.53 Å². The van der Waals surface area contributed by atoms with Crippen molar-refractivity contribution in [2.24, 2.45) is 0 Å². The van der Waals surface area contributed by atoms with E-state index in [9.17, 15) is 4.79 Å². The summed E-state index contributed by atoms with van der Waals surface area (Å²) < 4.78 is 6.05. The molecule has 0 unspecified atom stereocenters. The van der Waals surface area contributed by atoms with Crippen LogP contribution in [0.1, 0.15) is 33.1 Å². The number of ether oxygens (including phenoxy) is 1. The van der Waals surface area contributed by atoms with E-state index in [1.807, 2.05) is 49.1 Å². The van der Waals surface area contributed by atoms with Gasteiger partial charge in [0.15, 0.2) is 0 Å². The number of fused-ring (bicyclic) bond motifs is 1. The molecule has 1 aliphatic carbocycles. The molecule has 0 bridgehead atoms. The maximum absolute atomic E-state index is 12.3. The van der Waals surface area contributed by atoms with Crippen LogP contribution in [-0.4, -0.2) is 17.4 Å². The lowest BCUT2D eigenvalue weighted by Gasteiger charge is -2.25. The molecule has 0 radical (unpaired) electrons. The molecule has 1 aromatic rings. The lowest BCUT2D eigenvalue weighted by Crippen LogP contribution is -2.27. The van der Waals surface area contributed by atoms with Crippen LogP contribution in [0.3, 0.4) is 0 Å². The van der Waals surface area contributed by atoms with Crippen molar-refractivity contribution in [1.82, 2.24) is 4.90 Å². The van der Waals surface area contributed by atoms with Gasteiger partial charge in [-0.15, -0.1) is 0 Å². The Hall–Kier alpha value is -2.03. The monoisotopic (exact) mass is 269 g/mol. The second kappa shape index (κ2) is 5.16. The third-order valence-electron chi connectivity index (χ3n) is 3.97. The Kier molecular flexibility index (Phi) is 3.35. The Morgan fingerprint density at radius 1 is 1.20 bits per heavy atom. The molecular weight excluding hydrogens is 250 g/mol. The van der Waals surface area contributed by atoms with Gasteiger partial charge in [0.25, 0.3) is 5.91 Å². The van der Waals surface area contributed by atoms with Gasteiger partial charge in [0, 0.05) is 18.5 Å². The summed E-state index contributed by atoms with van der Waals surface area (Å²) in [6.07, 6.45) is 2.92. The normalized spacial score (nSPS) is 18.7. The van der Waals surface area contributed by atoms with Crippen LogP contribution in [0.5, 0.6) is 5.75 Å². The Morgan fingerprint density at radius 3 is 2.65 bits per heavy atom. The largest absolute Gasteiger partial charge is 0.460 e. The van der Waals surface area contributed by atoms with Crippen LogP contribution >= 0.6 is 0 Å². The number of carbonyl (C=O) groups excluding carboxylic acids is 1. The van der Waals surface area contributed by atoms with Crippen LogP contribution < -0.4 is 4.74 Å². The van der Waals surface area contributed by atoms with Crippen molar-refractivity contribution in [2.45, 2.75) is 33.1 Å². The highest BCUT2D eigenvalue weighted by Gasteiger charge is 2.36. The zero-order chi connectivity index (χ0) is 14.1. The van der Waals surface area contributed by atoms with E-state index in [1.165, 1.54) is 5.57 Å². The molecule has 0 aromatic heterocycles. The van der Waals surface area contributed by atoms with E-state index in [0.29, 0.717) is 6.54 Å². The topological polar surface area (TPSA) is 29.5 Å². The highest BCUT2D eigenvalue weighted by molar-refractivity contribution is 6.00. The van der Waals surface area contributed by atoms with E-state index < -0.39 is 0 Å². The van der Waals surface area contributed by atoms with Crippen LogP contribution in [0.2, 0.25) is 0 Å². The average Bonchev–Trinajstić information content (AvgIpc) is 2.73. The number of allylic oxidation sites excluding steroid dienone is 2. The van der Waals surface area contributed by atoms with Crippen molar-refractivity contribution in [3.63, 3.8) is 0 Å². The van der Waals surface area contributed by atoms with Crippen LogP contribution in [0.4, 0.5) is 0 Å². The van der Waals surface area contributed by atoms with Crippen LogP contribution in [0, 0.1) is 0 Å². The first-order valence-electron chi connectivity index (χ1n) is 7.20. The molecule has 3 rings (SSSR count). The minimum atomic E-state index is 0.133. The number of hydrogen-bond acceptors (Lipinski definition) is 2. The fourth-order valence-electron chi connectivity index (χ4n) is 2.97. The minimum Gasteiger partial charge on any atom is -0.460 e. The molecule has 0 atom stereocenters. The first-order valence-corrected chi connectivity index (χ1v) is 7.20. The minimum absolute atomic E-state index is 0.133. The SMILES string of the molecule is CCN1C(=O)C(C)=C2CCCC(Oc3ccccc3)=C21. The summed E-state index contributed by atoms with van der Waals surface area (Å²) in [6.45, 7) is 4.63. The van der Waals surface area contributed by atoms with Crippen molar-refractivity contribution in [2.75, 3.05) is 6.54 Å². The molecule has 3 heteroatoms. The van der Waals surface area contributed by atoms with Crippen LogP contribution in [-0.2, 0) is 4.79 Å². The quantitative estimate of drug-likeness (QED) is 0.838. The fourth-order valence-corrected chi connectivity index (χ4v) is 2.97. The van der Waals surface area contributed by atoms with Gasteiger partial charge in [-0.3, -0.25) is 4.79 Å². The molecule has 1 aliphatic heterocycles. The van der Waals surface area contributed by atoms with Gasteiger partial charge in [0.05, 0.1) is 5.70 Å². The van der Waals surface area contributed by atoms with Gasteiger partial charge in [-0.05, 0) is 44.4 Å². The number of para-hydroxylation sites is 1. The zero-order valence-corrected chi connectivity index (χ0v) is 12.0. The third-order valence-corrected chi connectivity index (χ3v) is 3.97. The van der Waals surface area contributed by atoms with E-state index >= 15 is 0 Å². The number of carbonyl (C=O) groups is 1. The standard InChI is InChI=1S/C17H19NO2/c1-3-18-16-14(12(2)17(18)19)10-7-11-15(16)20-13-8-5-4-6-9-13/h4-6,8-9H,3,7,10-11H2,1-2H3. The van der Waals surface area contributed by atoms with Gasteiger partial charge in [-0.25, -0.2) is 0 Å². The molecule has 0 saturated carbocycles. The molecule has 104 valence electrons. The molecule has 0 spiro atoms. The zero-order valence-electron chi connectivity index (χ0n) is 12.0. The molecule has 1 amide bonds. The summed E-state index contributed by atoms with van der Waals surface area (Å²) in [6, 6.07) is 9.79. The van der Waals surface area contributed by atoms with Gasteiger partial charge in [0.2, 0.25) is 0 Å². The predicted octanol–water partition coefficient (Wildman–Crippen LogP) is 3.64. The molecule has 1 aromatic carbocycles. The van der Waals surface area contributed by atoms with Gasteiger partial charge in [0.1, 0.15) is 11.5 Å². The fraction of sp³-hybridized carbons (Fsp3) is 0.353. The Labute approximate surface area is 119 Å². The third kappa shape index (κ3) is 2.03. The second-order valence-corrected chi connectivity index (χ2v) is 5.19. The number of likely N-dealkylation sites (N-methyl/N-ethyl adjacent to an activating group) is 1. The molecule has 0 fully saturated rings. The van der Waals surface area contributed by atoms with E-state index in [1.54, 1.807) is 0 Å². The molecule has 20 heavy (non-hydrogen) atoms. The van der Waals surface area contributed by atoms with E-state index in [0.717, 1.165) is 42.0 Å². The van der Waals surface area contributed by atoms with Gasteiger partial charge in [-0.1, -0.05) is 18.2 Å². The summed E-state index contributed by atoms with van der Waals surface area (Å²) in [5, 5.41) is 0. The summed E-state index contributed by atoms with van der Waals surface area (Å²) in [7, 11) is 0. The molecule has 0 N–H and O–H groups in total. The maximum Gasteiger partial charge on any atom is 0.254 e. The maximum atomic E-state index is 12.3. The number of rotatable bonds is 3. The van der Waals surface area contributed by atoms with Crippen molar-refractivity contribution in [3.8, 4) is 5.75 Å². The van der Waals surface area contributed by atoms with Crippen LogP contribution in [0.15, 0.2) is 52.9 Å². The Morgan fingerprint density at radius 2 is 1.95 bits per heavy atom. The van der Waals surface area contributed by atoms with Crippen molar-refractivity contribution >= 4 is 5.91 Å². The van der Waals surface area contributed by atoms with Gasteiger partial charge in [-0.2, -0.15) is 0 Å². The molecule has 3 nitrogen and oxygen atoms in total. The van der Waals surface area contributed by atoms with Crippen molar-refractivity contribution in [1.29, 1.82) is 0 Å². The number of benzene rings is 1. The summed E-state index contributed by atoms with van der Waals surface area (Å²) in [5.74, 6) is 1.90. The van der Waals surface area contributed by atoms with E-state index in [2.05, 4.69) is 0 Å². The Bertz CT molecular complexity index is 599. The number of nitrogens with zero attached hydrogens (tertiary/aromatic N) is 1. The predicted molar refractivity (Wildman–Crippen MR) is 78.0 cm³/mol. The lowest BCUT2D eigenvalue weighted by molar-refractivity contribution is -0.124. The highest BCUT2D eigenvalue weighted by atomic mass is 16.5. The van der Waals surface area contributed by atoms with E-state index in [-0.39, 0.29) is 5.91 Å². The van der Waals surface area contributed by atoms with Gasteiger partial charge < -0.3 is 9.64 Å². The van der Waals surface area contributed by atoms with Crippen molar-refractivity contribution in [3.05, 3.63) is 52.9 Å². The highest BCUT2D eigenvalue weighted by Crippen LogP contribution is 2.40. The first kappa shape index (κ1) is 13.0.